The Balaban J connectivity index is 2.30. The molecule has 0 unspecified atom stereocenters. The number of ether oxygens (including phenoxy) is 1. The van der Waals surface area contributed by atoms with Crippen molar-refractivity contribution in [1.29, 1.82) is 0 Å². The summed E-state index contributed by atoms with van der Waals surface area (Å²) in [4.78, 5) is 8.61. The van der Waals surface area contributed by atoms with Gasteiger partial charge in [-0.3, -0.25) is 0 Å². The first kappa shape index (κ1) is 14.1. The predicted molar refractivity (Wildman–Crippen MR) is 78.6 cm³/mol. The van der Waals surface area contributed by atoms with E-state index in [2.05, 4.69) is 15.3 Å². The molecule has 4 N–H and O–H groups in total. The second kappa shape index (κ2) is 6.72. The number of methoxy groups -OCH3 is 1. The van der Waals surface area contributed by atoms with Crippen LogP contribution in [0.4, 0.5) is 11.6 Å². The molecule has 6 nitrogen and oxygen atoms in total. The lowest BCUT2D eigenvalue weighted by Gasteiger charge is -2.11. The number of aliphatic hydroxyl groups is 1. The molecule has 1 heterocycles. The molecule has 0 spiro atoms. The molecular weight excluding hydrogens is 256 g/mol. The minimum atomic E-state index is 0.118. The highest BCUT2D eigenvalue weighted by Crippen LogP contribution is 2.29. The van der Waals surface area contributed by atoms with Gasteiger partial charge in [-0.15, -0.1) is 0 Å². The molecule has 0 atom stereocenters. The lowest BCUT2D eigenvalue weighted by Crippen LogP contribution is -2.09. The molecule has 0 bridgehead atoms. The molecular formula is C14H18N4O2. The van der Waals surface area contributed by atoms with Crippen molar-refractivity contribution < 1.29 is 9.84 Å². The Morgan fingerprint density at radius 1 is 1.35 bits per heavy atom. The van der Waals surface area contributed by atoms with Crippen LogP contribution in [0.2, 0.25) is 0 Å². The molecule has 6 heteroatoms. The van der Waals surface area contributed by atoms with Gasteiger partial charge >= 0.3 is 0 Å². The van der Waals surface area contributed by atoms with Crippen LogP contribution in [-0.4, -0.2) is 35.3 Å². The number of nitrogens with one attached hydrogen (secondary N) is 1. The van der Waals surface area contributed by atoms with Crippen molar-refractivity contribution >= 4 is 11.6 Å². The topological polar surface area (TPSA) is 93.3 Å². The maximum absolute atomic E-state index is 8.79. The summed E-state index contributed by atoms with van der Waals surface area (Å²) >= 11 is 0. The van der Waals surface area contributed by atoms with Gasteiger partial charge in [-0.1, -0.05) is 12.1 Å². The zero-order valence-electron chi connectivity index (χ0n) is 11.3. The number of nitrogens with two attached hydrogens (primary N) is 1. The van der Waals surface area contributed by atoms with Crippen LogP contribution in [-0.2, 0) is 0 Å². The first-order valence-electron chi connectivity index (χ1n) is 6.37. The summed E-state index contributed by atoms with van der Waals surface area (Å²) in [5.41, 5.74) is 7.33. The van der Waals surface area contributed by atoms with E-state index in [1.807, 2.05) is 24.3 Å². The molecule has 2 aromatic rings. The van der Waals surface area contributed by atoms with Gasteiger partial charge < -0.3 is 20.9 Å². The molecule has 0 saturated carbocycles. The minimum Gasteiger partial charge on any atom is -0.496 e. The van der Waals surface area contributed by atoms with E-state index < -0.39 is 0 Å². The molecule has 0 saturated heterocycles. The third-order valence-electron chi connectivity index (χ3n) is 2.81. The maximum atomic E-state index is 8.79. The average molecular weight is 274 g/mol. The fraction of sp³-hybridized carbons (Fsp3) is 0.286. The third-order valence-corrected chi connectivity index (χ3v) is 2.81. The molecule has 106 valence electrons. The lowest BCUT2D eigenvalue weighted by molar-refractivity contribution is 0.292. The Bertz CT molecular complexity index is 575. The molecule has 0 radical (unpaired) electrons. The number of hydrogen-bond donors (Lipinski definition) is 3. The van der Waals surface area contributed by atoms with Crippen molar-refractivity contribution in [2.24, 2.45) is 0 Å². The van der Waals surface area contributed by atoms with Crippen molar-refractivity contribution in [1.82, 2.24) is 9.97 Å². The first-order valence-corrected chi connectivity index (χ1v) is 6.37. The van der Waals surface area contributed by atoms with Crippen LogP contribution in [0.1, 0.15) is 6.42 Å². The van der Waals surface area contributed by atoms with Crippen LogP contribution in [0.5, 0.6) is 5.75 Å². The van der Waals surface area contributed by atoms with E-state index in [-0.39, 0.29) is 6.61 Å². The van der Waals surface area contributed by atoms with E-state index in [4.69, 9.17) is 15.6 Å². The van der Waals surface area contributed by atoms with Gasteiger partial charge in [0.15, 0.2) is 11.6 Å². The van der Waals surface area contributed by atoms with Gasteiger partial charge in [0.25, 0.3) is 0 Å². The number of aromatic nitrogens is 2. The van der Waals surface area contributed by atoms with Crippen LogP contribution in [0, 0.1) is 0 Å². The monoisotopic (exact) mass is 274 g/mol. The molecule has 0 fully saturated rings. The van der Waals surface area contributed by atoms with Gasteiger partial charge in [0.05, 0.1) is 19.0 Å². The number of nitrogen functional groups attached to an aromatic ring is 1. The summed E-state index contributed by atoms with van der Waals surface area (Å²) in [6, 6.07) is 7.59. The molecule has 0 aliphatic carbocycles. The lowest BCUT2D eigenvalue weighted by atomic mass is 10.1. The molecule has 1 aromatic heterocycles. The van der Waals surface area contributed by atoms with Crippen molar-refractivity contribution in [3.8, 4) is 17.0 Å². The number of rotatable bonds is 6. The summed E-state index contributed by atoms with van der Waals surface area (Å²) in [5.74, 6) is 1.58. The number of benzene rings is 1. The first-order chi connectivity index (χ1) is 9.76. The fourth-order valence-corrected chi connectivity index (χ4v) is 1.80. The van der Waals surface area contributed by atoms with Crippen LogP contribution >= 0.6 is 0 Å². The van der Waals surface area contributed by atoms with Gasteiger partial charge in [-0.25, -0.2) is 9.97 Å². The zero-order valence-corrected chi connectivity index (χ0v) is 11.3. The minimum absolute atomic E-state index is 0.118. The van der Waals surface area contributed by atoms with E-state index >= 15 is 0 Å². The second-order valence-corrected chi connectivity index (χ2v) is 4.19. The Labute approximate surface area is 117 Å². The summed E-state index contributed by atoms with van der Waals surface area (Å²) in [6.07, 6.45) is 2.24. The summed E-state index contributed by atoms with van der Waals surface area (Å²) in [6.45, 7) is 0.706. The number of aliphatic hydroxyl groups excluding tert-OH is 1. The van der Waals surface area contributed by atoms with Crippen LogP contribution < -0.4 is 15.8 Å². The highest BCUT2D eigenvalue weighted by molar-refractivity contribution is 5.70. The SMILES string of the molecule is COc1ccccc1-c1cnc(N)c(NCCCO)n1. The molecule has 0 aliphatic rings. The molecule has 2 rings (SSSR count). The van der Waals surface area contributed by atoms with Crippen molar-refractivity contribution in [3.05, 3.63) is 30.5 Å². The smallest absolute Gasteiger partial charge is 0.169 e. The van der Waals surface area contributed by atoms with Gasteiger partial charge in [-0.2, -0.15) is 0 Å². The van der Waals surface area contributed by atoms with Crippen LogP contribution in [0.15, 0.2) is 30.5 Å². The average Bonchev–Trinajstić information content (AvgIpc) is 2.49. The number of hydrogen-bond acceptors (Lipinski definition) is 6. The largest absolute Gasteiger partial charge is 0.496 e. The van der Waals surface area contributed by atoms with Gasteiger partial charge in [0.1, 0.15) is 5.75 Å². The predicted octanol–water partition coefficient (Wildman–Crippen LogP) is 1.53. The Morgan fingerprint density at radius 2 is 2.15 bits per heavy atom. The van der Waals surface area contributed by atoms with E-state index in [0.717, 1.165) is 11.3 Å². The van der Waals surface area contributed by atoms with E-state index in [9.17, 15) is 0 Å². The van der Waals surface area contributed by atoms with E-state index in [1.165, 1.54) is 0 Å². The molecule has 0 amide bonds. The Morgan fingerprint density at radius 3 is 2.90 bits per heavy atom. The number of para-hydroxylation sites is 1. The maximum Gasteiger partial charge on any atom is 0.169 e. The van der Waals surface area contributed by atoms with E-state index in [0.29, 0.717) is 30.3 Å². The third kappa shape index (κ3) is 3.16. The molecule has 0 aliphatic heterocycles. The van der Waals surface area contributed by atoms with Gasteiger partial charge in [0.2, 0.25) is 0 Å². The Kier molecular flexibility index (Phi) is 4.73. The number of nitrogens with zero attached hydrogens (tertiary/aromatic N) is 2. The van der Waals surface area contributed by atoms with Crippen LogP contribution in [0.25, 0.3) is 11.3 Å². The van der Waals surface area contributed by atoms with Gasteiger partial charge in [0, 0.05) is 18.7 Å². The van der Waals surface area contributed by atoms with Crippen molar-refractivity contribution in [3.63, 3.8) is 0 Å². The summed E-state index contributed by atoms with van der Waals surface area (Å²) in [7, 11) is 1.62. The normalized spacial score (nSPS) is 10.3. The highest BCUT2D eigenvalue weighted by atomic mass is 16.5. The highest BCUT2D eigenvalue weighted by Gasteiger charge is 2.10. The quantitative estimate of drug-likeness (QED) is 0.692. The van der Waals surface area contributed by atoms with Crippen molar-refractivity contribution in [2.75, 3.05) is 31.3 Å². The summed E-state index contributed by atoms with van der Waals surface area (Å²) < 4.78 is 5.32. The molecule has 1 aromatic carbocycles. The fourth-order valence-electron chi connectivity index (χ4n) is 1.80. The van der Waals surface area contributed by atoms with E-state index in [1.54, 1.807) is 13.3 Å². The second-order valence-electron chi connectivity index (χ2n) is 4.19. The van der Waals surface area contributed by atoms with Gasteiger partial charge in [-0.05, 0) is 18.6 Å². The van der Waals surface area contributed by atoms with Crippen LogP contribution in [0.3, 0.4) is 0 Å². The number of anilines is 2. The molecule has 20 heavy (non-hydrogen) atoms. The summed E-state index contributed by atoms with van der Waals surface area (Å²) in [5, 5.41) is 11.9. The Hall–Kier alpha value is -2.34. The zero-order chi connectivity index (χ0) is 14.4. The van der Waals surface area contributed by atoms with Crippen molar-refractivity contribution in [2.45, 2.75) is 6.42 Å². The standard InChI is InChI=1S/C14H18N4O2/c1-20-12-6-3-2-5-10(12)11-9-17-13(15)14(18-11)16-7-4-8-19/h2-3,5-6,9,19H,4,7-8H2,1H3,(H2,15,17)(H,16,18).